The van der Waals surface area contributed by atoms with Gasteiger partial charge in [0.1, 0.15) is 0 Å². The number of nitrogens with one attached hydrogen (secondary N) is 1. The monoisotopic (exact) mass is 378 g/mol. The van der Waals surface area contributed by atoms with Crippen molar-refractivity contribution in [3.8, 4) is 0 Å². The van der Waals surface area contributed by atoms with E-state index in [-0.39, 0.29) is 35.5 Å². The number of rotatable bonds is 4. The largest absolute Gasteiger partial charge is 0.378 e. The summed E-state index contributed by atoms with van der Waals surface area (Å²) in [6.07, 6.45) is -0.163. The van der Waals surface area contributed by atoms with Gasteiger partial charge in [-0.2, -0.15) is 9.97 Å². The van der Waals surface area contributed by atoms with Crippen molar-refractivity contribution in [2.24, 2.45) is 0 Å². The molecule has 1 aromatic heterocycles. The van der Waals surface area contributed by atoms with Crippen molar-refractivity contribution in [1.82, 2.24) is 9.97 Å². The number of halogens is 1. The summed E-state index contributed by atoms with van der Waals surface area (Å²) in [6.45, 7) is 4.77. The first-order valence-electron chi connectivity index (χ1n) is 8.08. The van der Waals surface area contributed by atoms with Crippen LogP contribution in [0, 0.1) is 10.1 Å². The number of nitrogen functional groups attached to an aromatic ring is 1. The highest BCUT2D eigenvalue weighted by atomic mass is 35.5. The van der Waals surface area contributed by atoms with Crippen LogP contribution in [0.1, 0.15) is 13.8 Å². The lowest BCUT2D eigenvalue weighted by Crippen LogP contribution is -2.46. The lowest BCUT2D eigenvalue weighted by atomic mass is 10.2. The molecule has 0 radical (unpaired) electrons. The molecule has 1 saturated heterocycles. The van der Waals surface area contributed by atoms with Crippen LogP contribution in [0.3, 0.4) is 0 Å². The zero-order valence-corrected chi connectivity index (χ0v) is 15.1. The molecule has 26 heavy (non-hydrogen) atoms. The van der Waals surface area contributed by atoms with Gasteiger partial charge >= 0.3 is 5.69 Å². The van der Waals surface area contributed by atoms with Crippen molar-refractivity contribution in [2.75, 3.05) is 29.0 Å². The molecule has 2 aromatic rings. The number of morpholine rings is 1. The number of aromatic nitrogens is 2. The molecule has 1 fully saturated rings. The van der Waals surface area contributed by atoms with Gasteiger partial charge in [0.15, 0.2) is 0 Å². The first-order chi connectivity index (χ1) is 12.3. The number of hydrogen-bond donors (Lipinski definition) is 2. The maximum Gasteiger partial charge on any atom is 0.353 e. The number of anilines is 4. The molecule has 0 saturated carbocycles. The molecule has 0 spiro atoms. The van der Waals surface area contributed by atoms with Crippen molar-refractivity contribution in [2.45, 2.75) is 26.1 Å². The highest BCUT2D eigenvalue weighted by Crippen LogP contribution is 2.34. The number of nitro groups is 1. The summed E-state index contributed by atoms with van der Waals surface area (Å²) in [5.74, 6) is 0.168. The van der Waals surface area contributed by atoms with E-state index in [2.05, 4.69) is 15.3 Å². The lowest BCUT2D eigenvalue weighted by molar-refractivity contribution is -0.383. The Hall–Kier alpha value is -2.65. The molecule has 0 amide bonds. The zero-order chi connectivity index (χ0) is 18.8. The number of benzene rings is 1. The van der Waals surface area contributed by atoms with E-state index in [9.17, 15) is 10.1 Å². The molecular weight excluding hydrogens is 360 g/mol. The number of nitrogens with two attached hydrogens (primary N) is 1. The normalized spacial score (nSPS) is 20.0. The minimum absolute atomic E-state index is 0.0813. The quantitative estimate of drug-likeness (QED) is 0.615. The first kappa shape index (κ1) is 18.2. The average Bonchev–Trinajstić information content (AvgIpc) is 2.55. The zero-order valence-electron chi connectivity index (χ0n) is 14.3. The second-order valence-corrected chi connectivity index (χ2v) is 6.59. The Bertz CT molecular complexity index is 806. The van der Waals surface area contributed by atoms with Gasteiger partial charge < -0.3 is 20.7 Å². The van der Waals surface area contributed by atoms with Gasteiger partial charge in [-0.15, -0.1) is 0 Å². The molecule has 0 aliphatic carbocycles. The lowest BCUT2D eigenvalue weighted by Gasteiger charge is -2.35. The van der Waals surface area contributed by atoms with E-state index < -0.39 is 4.92 Å². The van der Waals surface area contributed by atoms with Crippen LogP contribution in [0.2, 0.25) is 5.02 Å². The first-order valence-corrected chi connectivity index (χ1v) is 8.46. The molecular formula is C16H19ClN6O3. The van der Waals surface area contributed by atoms with Gasteiger partial charge in [-0.25, -0.2) is 0 Å². The Labute approximate surface area is 155 Å². The molecule has 3 N–H and O–H groups in total. The molecule has 2 atom stereocenters. The van der Waals surface area contributed by atoms with Gasteiger partial charge in [-0.1, -0.05) is 11.6 Å². The molecule has 9 nitrogen and oxygen atoms in total. The maximum atomic E-state index is 11.5. The van der Waals surface area contributed by atoms with Gasteiger partial charge in [0, 0.05) is 23.8 Å². The van der Waals surface area contributed by atoms with Gasteiger partial charge in [-0.3, -0.25) is 10.1 Å². The summed E-state index contributed by atoms with van der Waals surface area (Å²) in [5.41, 5.74) is 6.26. The fraction of sp³-hybridized carbons (Fsp3) is 0.375. The van der Waals surface area contributed by atoms with E-state index in [1.165, 1.54) is 0 Å². The Morgan fingerprint density at radius 3 is 2.46 bits per heavy atom. The fourth-order valence-corrected chi connectivity index (χ4v) is 3.05. The Balaban J connectivity index is 1.99. The maximum absolute atomic E-state index is 11.5. The third-order valence-corrected chi connectivity index (χ3v) is 4.15. The summed E-state index contributed by atoms with van der Waals surface area (Å²) in [6, 6.07) is 6.93. The van der Waals surface area contributed by atoms with Gasteiger partial charge in [-0.05, 0) is 38.1 Å². The molecule has 0 bridgehead atoms. The molecule has 2 heterocycles. The average molecular weight is 379 g/mol. The third kappa shape index (κ3) is 3.94. The van der Waals surface area contributed by atoms with E-state index in [1.807, 2.05) is 18.7 Å². The number of nitrogens with zero attached hydrogens (tertiary/aromatic N) is 4. The molecule has 2 unspecified atom stereocenters. The highest BCUT2D eigenvalue weighted by molar-refractivity contribution is 6.30. The minimum atomic E-state index is -0.554. The van der Waals surface area contributed by atoms with Crippen LogP contribution in [0.15, 0.2) is 24.3 Å². The fourth-order valence-electron chi connectivity index (χ4n) is 2.92. The molecule has 10 heteroatoms. The Morgan fingerprint density at radius 2 is 1.88 bits per heavy atom. The molecule has 3 rings (SSSR count). The van der Waals surface area contributed by atoms with E-state index in [0.29, 0.717) is 23.8 Å². The van der Waals surface area contributed by atoms with E-state index in [0.717, 1.165) is 0 Å². The summed E-state index contributed by atoms with van der Waals surface area (Å²) in [4.78, 5) is 21.1. The summed E-state index contributed by atoms with van der Waals surface area (Å²) in [7, 11) is 0. The predicted octanol–water partition coefficient (Wildman–Crippen LogP) is 2.98. The van der Waals surface area contributed by atoms with E-state index >= 15 is 0 Å². The molecule has 1 aromatic carbocycles. The molecule has 1 aliphatic heterocycles. The van der Waals surface area contributed by atoms with Gasteiger partial charge in [0.05, 0.1) is 17.1 Å². The van der Waals surface area contributed by atoms with Crippen LogP contribution in [0.5, 0.6) is 0 Å². The van der Waals surface area contributed by atoms with Crippen molar-refractivity contribution in [3.05, 3.63) is 39.4 Å². The van der Waals surface area contributed by atoms with Crippen LogP contribution in [0.4, 0.5) is 29.0 Å². The molecule has 1 aliphatic rings. The summed E-state index contributed by atoms with van der Waals surface area (Å²) < 4.78 is 5.69. The minimum Gasteiger partial charge on any atom is -0.378 e. The number of ether oxygens (including phenoxy) is 1. The van der Waals surface area contributed by atoms with Gasteiger partial charge in [0.25, 0.3) is 0 Å². The van der Waals surface area contributed by atoms with E-state index in [4.69, 9.17) is 22.1 Å². The van der Waals surface area contributed by atoms with Crippen LogP contribution in [0.25, 0.3) is 0 Å². The summed E-state index contributed by atoms with van der Waals surface area (Å²) >= 11 is 5.88. The highest BCUT2D eigenvalue weighted by Gasteiger charge is 2.32. The SMILES string of the molecule is CC1CN(c2nc(Nc3ccc(Cl)cc3)nc(N)c2[N+](=O)[O-])CC(C)O1. The number of hydrogen-bond acceptors (Lipinski definition) is 8. The van der Waals surface area contributed by atoms with Crippen molar-refractivity contribution in [3.63, 3.8) is 0 Å². The van der Waals surface area contributed by atoms with Crippen LogP contribution in [-0.4, -0.2) is 40.2 Å². The standard InChI is InChI=1S/C16H19ClN6O3/c1-9-7-22(8-10(2)26-9)15-13(23(24)25)14(18)20-16(21-15)19-12-5-3-11(17)4-6-12/h3-6,9-10H,7-8H2,1-2H3,(H3,18,19,20,21). The van der Waals surface area contributed by atoms with E-state index in [1.54, 1.807) is 24.3 Å². The van der Waals surface area contributed by atoms with Crippen LogP contribution >= 0.6 is 11.6 Å². The second kappa shape index (κ2) is 7.30. The smallest absolute Gasteiger partial charge is 0.353 e. The van der Waals surface area contributed by atoms with Crippen molar-refractivity contribution >= 4 is 40.6 Å². The summed E-state index contributed by atoms with van der Waals surface area (Å²) in [5, 5.41) is 15.1. The Morgan fingerprint density at radius 1 is 1.27 bits per heavy atom. The predicted molar refractivity (Wildman–Crippen MR) is 100 cm³/mol. The van der Waals surface area contributed by atoms with Gasteiger partial charge in [0.2, 0.25) is 17.6 Å². The topological polar surface area (TPSA) is 119 Å². The Kier molecular flexibility index (Phi) is 5.10. The van der Waals surface area contributed by atoms with Crippen molar-refractivity contribution in [1.29, 1.82) is 0 Å². The molecule has 138 valence electrons. The van der Waals surface area contributed by atoms with Crippen molar-refractivity contribution < 1.29 is 9.66 Å². The van der Waals surface area contributed by atoms with Crippen LogP contribution < -0.4 is 16.0 Å². The third-order valence-electron chi connectivity index (χ3n) is 3.89. The second-order valence-electron chi connectivity index (χ2n) is 6.16. The van der Waals surface area contributed by atoms with Crippen LogP contribution in [-0.2, 0) is 4.74 Å².